The smallest absolute Gasteiger partial charge is 0.125 e. The lowest BCUT2D eigenvalue weighted by Gasteiger charge is -2.37. The Hall–Kier alpha value is -3.37. The molecule has 0 unspecified atom stereocenters. The van der Waals surface area contributed by atoms with Crippen molar-refractivity contribution >= 4 is 5.82 Å². The van der Waals surface area contributed by atoms with Crippen LogP contribution in [0.2, 0.25) is 0 Å². The van der Waals surface area contributed by atoms with Gasteiger partial charge in [0.05, 0.1) is 19.3 Å². The van der Waals surface area contributed by atoms with Gasteiger partial charge >= 0.3 is 0 Å². The van der Waals surface area contributed by atoms with Crippen LogP contribution in [-0.4, -0.2) is 21.5 Å². The molecule has 4 aromatic rings. The van der Waals surface area contributed by atoms with Crippen LogP contribution >= 0.6 is 0 Å². The molecule has 4 nitrogen and oxygen atoms in total. The molecule has 0 aliphatic heterocycles. The summed E-state index contributed by atoms with van der Waals surface area (Å²) in [6.45, 7) is 0.467. The number of nitrogens with zero attached hydrogens (tertiary/aromatic N) is 2. The molecule has 28 heavy (non-hydrogen) atoms. The molecule has 0 fully saturated rings. The SMILES string of the molecule is OCCn1nccc1NC(c1ccccc1)(c1ccccc1)c1ccccc1. The van der Waals surface area contributed by atoms with E-state index in [1.54, 1.807) is 10.9 Å². The third-order valence-corrected chi connectivity index (χ3v) is 4.96. The fourth-order valence-electron chi connectivity index (χ4n) is 3.68. The fourth-order valence-corrected chi connectivity index (χ4v) is 3.68. The number of aliphatic hydroxyl groups excluding tert-OH is 1. The van der Waals surface area contributed by atoms with E-state index in [9.17, 15) is 5.11 Å². The summed E-state index contributed by atoms with van der Waals surface area (Å²) in [6.07, 6.45) is 1.75. The summed E-state index contributed by atoms with van der Waals surface area (Å²) in [7, 11) is 0. The van der Waals surface area contributed by atoms with Crippen molar-refractivity contribution in [3.63, 3.8) is 0 Å². The number of nitrogens with one attached hydrogen (secondary N) is 1. The molecule has 1 heterocycles. The number of benzene rings is 3. The summed E-state index contributed by atoms with van der Waals surface area (Å²) in [5, 5.41) is 17.6. The van der Waals surface area contributed by atoms with Crippen LogP contribution in [0, 0.1) is 0 Å². The molecule has 4 heteroatoms. The average molecular weight is 369 g/mol. The molecule has 2 N–H and O–H groups in total. The van der Waals surface area contributed by atoms with E-state index in [1.165, 1.54) is 0 Å². The van der Waals surface area contributed by atoms with Crippen molar-refractivity contribution < 1.29 is 5.11 Å². The molecular weight excluding hydrogens is 346 g/mol. The van der Waals surface area contributed by atoms with E-state index in [2.05, 4.69) is 83.2 Å². The Labute approximate surface area is 165 Å². The van der Waals surface area contributed by atoms with Crippen molar-refractivity contribution in [2.45, 2.75) is 12.1 Å². The van der Waals surface area contributed by atoms with Crippen LogP contribution in [0.4, 0.5) is 5.82 Å². The normalized spacial score (nSPS) is 11.3. The molecule has 0 saturated heterocycles. The molecule has 140 valence electrons. The van der Waals surface area contributed by atoms with Gasteiger partial charge in [-0.3, -0.25) is 0 Å². The second kappa shape index (κ2) is 8.11. The zero-order chi connectivity index (χ0) is 19.2. The van der Waals surface area contributed by atoms with E-state index in [0.29, 0.717) is 6.54 Å². The molecule has 0 atom stereocenters. The first-order valence-corrected chi connectivity index (χ1v) is 9.42. The van der Waals surface area contributed by atoms with E-state index < -0.39 is 5.54 Å². The molecule has 0 amide bonds. The fraction of sp³-hybridized carbons (Fsp3) is 0.125. The Morgan fingerprint density at radius 1 is 0.714 bits per heavy atom. The van der Waals surface area contributed by atoms with Crippen LogP contribution < -0.4 is 5.32 Å². The zero-order valence-corrected chi connectivity index (χ0v) is 15.6. The van der Waals surface area contributed by atoms with Crippen molar-refractivity contribution in [2.75, 3.05) is 11.9 Å². The van der Waals surface area contributed by atoms with E-state index >= 15 is 0 Å². The minimum absolute atomic E-state index is 0.0331. The van der Waals surface area contributed by atoms with Crippen LogP contribution in [0.3, 0.4) is 0 Å². The number of hydrogen-bond donors (Lipinski definition) is 2. The number of anilines is 1. The van der Waals surface area contributed by atoms with Crippen LogP contribution in [0.1, 0.15) is 16.7 Å². The van der Waals surface area contributed by atoms with Crippen LogP contribution in [-0.2, 0) is 12.1 Å². The molecule has 0 radical (unpaired) electrons. The van der Waals surface area contributed by atoms with Crippen molar-refractivity contribution in [3.8, 4) is 0 Å². The van der Waals surface area contributed by atoms with Gasteiger partial charge in [-0.1, -0.05) is 91.0 Å². The van der Waals surface area contributed by atoms with Gasteiger partial charge in [0.2, 0.25) is 0 Å². The third kappa shape index (κ3) is 3.30. The molecule has 4 rings (SSSR count). The minimum atomic E-state index is -0.600. The Kier molecular flexibility index (Phi) is 5.22. The number of aliphatic hydroxyl groups is 1. The van der Waals surface area contributed by atoms with Crippen molar-refractivity contribution in [1.29, 1.82) is 0 Å². The van der Waals surface area contributed by atoms with Gasteiger partial charge in [-0.2, -0.15) is 5.10 Å². The predicted octanol–water partition coefficient (Wildman–Crippen LogP) is 4.28. The summed E-state index contributed by atoms with van der Waals surface area (Å²) >= 11 is 0. The molecule has 0 saturated carbocycles. The second-order valence-corrected chi connectivity index (χ2v) is 6.64. The van der Waals surface area contributed by atoms with E-state index in [1.807, 2.05) is 24.3 Å². The van der Waals surface area contributed by atoms with Gasteiger partial charge in [-0.25, -0.2) is 4.68 Å². The molecule has 3 aromatic carbocycles. The maximum atomic E-state index is 9.42. The highest BCUT2D eigenvalue weighted by Gasteiger charge is 2.37. The van der Waals surface area contributed by atoms with Gasteiger partial charge in [0.1, 0.15) is 11.4 Å². The molecular formula is C24H23N3O. The highest BCUT2D eigenvalue weighted by atomic mass is 16.3. The van der Waals surface area contributed by atoms with E-state index in [0.717, 1.165) is 22.5 Å². The Morgan fingerprint density at radius 2 is 1.18 bits per heavy atom. The second-order valence-electron chi connectivity index (χ2n) is 6.64. The number of rotatable bonds is 7. The van der Waals surface area contributed by atoms with Crippen LogP contribution in [0.5, 0.6) is 0 Å². The average Bonchev–Trinajstić information content (AvgIpc) is 3.21. The zero-order valence-electron chi connectivity index (χ0n) is 15.6. The first kappa shape index (κ1) is 18.0. The summed E-state index contributed by atoms with van der Waals surface area (Å²) in [4.78, 5) is 0. The van der Waals surface area contributed by atoms with Crippen molar-refractivity contribution in [3.05, 3.63) is 120 Å². The van der Waals surface area contributed by atoms with Crippen LogP contribution in [0.25, 0.3) is 0 Å². The quantitative estimate of drug-likeness (QED) is 0.478. The topological polar surface area (TPSA) is 50.1 Å². The summed E-state index contributed by atoms with van der Waals surface area (Å²) in [5.74, 6) is 0.852. The number of hydrogen-bond acceptors (Lipinski definition) is 3. The predicted molar refractivity (Wildman–Crippen MR) is 112 cm³/mol. The largest absolute Gasteiger partial charge is 0.394 e. The first-order valence-electron chi connectivity index (χ1n) is 9.42. The maximum Gasteiger partial charge on any atom is 0.125 e. The molecule has 0 spiro atoms. The van der Waals surface area contributed by atoms with Crippen LogP contribution in [0.15, 0.2) is 103 Å². The summed E-state index contributed by atoms with van der Waals surface area (Å²) in [6, 6.07) is 33.2. The molecule has 0 bridgehead atoms. The lowest BCUT2D eigenvalue weighted by molar-refractivity contribution is 0.270. The van der Waals surface area contributed by atoms with Crippen molar-refractivity contribution in [1.82, 2.24) is 9.78 Å². The summed E-state index contributed by atoms with van der Waals surface area (Å²) < 4.78 is 1.80. The Balaban J connectivity index is 1.97. The van der Waals surface area contributed by atoms with Gasteiger partial charge in [-0.15, -0.1) is 0 Å². The standard InChI is InChI=1S/C24H23N3O/c28-19-18-27-23(16-17-25-27)26-24(20-10-4-1-5-11-20,21-12-6-2-7-13-21)22-14-8-3-9-15-22/h1-17,26,28H,18-19H2. The molecule has 0 aliphatic carbocycles. The number of aromatic nitrogens is 2. The third-order valence-electron chi connectivity index (χ3n) is 4.96. The maximum absolute atomic E-state index is 9.42. The van der Waals surface area contributed by atoms with Crippen molar-refractivity contribution in [2.24, 2.45) is 0 Å². The highest BCUT2D eigenvalue weighted by Crippen LogP contribution is 2.39. The lowest BCUT2D eigenvalue weighted by atomic mass is 9.77. The van der Waals surface area contributed by atoms with Gasteiger partial charge < -0.3 is 10.4 Å². The first-order chi connectivity index (χ1) is 13.8. The van der Waals surface area contributed by atoms with Gasteiger partial charge in [0, 0.05) is 6.07 Å². The molecule has 1 aromatic heterocycles. The monoisotopic (exact) mass is 369 g/mol. The van der Waals surface area contributed by atoms with E-state index in [-0.39, 0.29) is 6.61 Å². The van der Waals surface area contributed by atoms with Gasteiger partial charge in [0.25, 0.3) is 0 Å². The van der Waals surface area contributed by atoms with E-state index in [4.69, 9.17) is 0 Å². The Bertz CT molecular complexity index is 901. The highest BCUT2D eigenvalue weighted by molar-refractivity contribution is 5.58. The summed E-state index contributed by atoms with van der Waals surface area (Å²) in [5.41, 5.74) is 2.79. The van der Waals surface area contributed by atoms with Gasteiger partial charge in [0.15, 0.2) is 0 Å². The Morgan fingerprint density at radius 3 is 1.61 bits per heavy atom. The van der Waals surface area contributed by atoms with Gasteiger partial charge in [-0.05, 0) is 16.7 Å². The minimum Gasteiger partial charge on any atom is -0.394 e. The lowest BCUT2D eigenvalue weighted by Crippen LogP contribution is -2.39. The molecule has 0 aliphatic rings.